The summed E-state index contributed by atoms with van der Waals surface area (Å²) < 4.78 is 16.4. The van der Waals surface area contributed by atoms with Crippen LogP contribution < -0.4 is 21.0 Å². The lowest BCUT2D eigenvalue weighted by molar-refractivity contribution is 0.0694. The van der Waals surface area contributed by atoms with E-state index in [-0.39, 0.29) is 17.0 Å². The van der Waals surface area contributed by atoms with Gasteiger partial charge in [0.2, 0.25) is 5.43 Å². The van der Waals surface area contributed by atoms with Gasteiger partial charge in [0.25, 0.3) is 0 Å². The van der Waals surface area contributed by atoms with E-state index in [1.54, 1.807) is 18.3 Å². The van der Waals surface area contributed by atoms with Crippen molar-refractivity contribution >= 4 is 56.4 Å². The highest BCUT2D eigenvalue weighted by molar-refractivity contribution is 6.31. The minimum absolute atomic E-state index is 0.137. The molecule has 1 aliphatic carbocycles. The fourth-order valence-electron chi connectivity index (χ4n) is 6.18. The lowest BCUT2D eigenvalue weighted by atomic mass is 10.1. The van der Waals surface area contributed by atoms with Crippen LogP contribution in [0.2, 0.25) is 5.02 Å². The number of pyridine rings is 2. The largest absolute Gasteiger partial charge is 0.508 e. The number of hydrogen-bond donors (Lipinski definition) is 4. The molecule has 0 bridgehead atoms. The van der Waals surface area contributed by atoms with Crippen molar-refractivity contribution in [1.29, 1.82) is 0 Å². The summed E-state index contributed by atoms with van der Waals surface area (Å²) in [5, 5.41) is 27.9. The van der Waals surface area contributed by atoms with Gasteiger partial charge in [-0.05, 0) is 80.5 Å². The number of aromatic hydroxyl groups is 1. The molecule has 4 N–H and O–H groups in total. The van der Waals surface area contributed by atoms with Gasteiger partial charge in [0.15, 0.2) is 0 Å². The molecule has 5 aromatic rings. The molecule has 7 rings (SSSR count). The number of carbonyl (C=O) groups is 1. The van der Waals surface area contributed by atoms with Crippen LogP contribution in [0.4, 0.5) is 21.5 Å². The molecule has 0 unspecified atom stereocenters. The maximum atomic E-state index is 14.6. The Hall–Kier alpha value is -4.71. The van der Waals surface area contributed by atoms with Gasteiger partial charge in [0, 0.05) is 83.9 Å². The van der Waals surface area contributed by atoms with Gasteiger partial charge in [-0.2, -0.15) is 0 Å². The summed E-state index contributed by atoms with van der Waals surface area (Å²) in [6.07, 6.45) is 5.05. The summed E-state index contributed by atoms with van der Waals surface area (Å²) in [5.74, 6) is -1.43. The standard InChI is InChI=1S/C20H22ClN3O.C17H18FN3O3/c1-3-24(4-2)13-14-11-16(6-8-20(14)25)23-18-9-10-22-19-12-15(21)5-7-17(18)19;18-13-7-11-14(8-15(13)20-5-3-19-4-6-20)21(10-1-2-10)9-12(16(11)22)17(23)24/h5-12,25H,3-4,13H2,1-2H3,(H,22,23);7-10,19H,1-6H2,(H,23,24). The van der Waals surface area contributed by atoms with Crippen LogP contribution in [0.3, 0.4) is 0 Å². The monoisotopic (exact) mass is 686 g/mol. The molecule has 10 nitrogen and oxygen atoms in total. The van der Waals surface area contributed by atoms with E-state index in [1.807, 2.05) is 45.9 Å². The number of rotatable bonds is 9. The van der Waals surface area contributed by atoms with Crippen LogP contribution in [0.15, 0.2) is 71.8 Å². The summed E-state index contributed by atoms with van der Waals surface area (Å²) in [6.45, 7) is 9.82. The normalized spacial score (nSPS) is 14.6. The van der Waals surface area contributed by atoms with E-state index in [0.717, 1.165) is 73.4 Å². The smallest absolute Gasteiger partial charge is 0.341 e. The number of aromatic nitrogens is 2. The topological polar surface area (TPSA) is 123 Å². The van der Waals surface area contributed by atoms with E-state index in [1.165, 1.54) is 12.3 Å². The maximum absolute atomic E-state index is 14.6. The number of aromatic carboxylic acids is 1. The highest BCUT2D eigenvalue weighted by Crippen LogP contribution is 2.38. The Bertz CT molecular complexity index is 2060. The number of phenols is 1. The number of benzene rings is 3. The summed E-state index contributed by atoms with van der Waals surface area (Å²) in [6, 6.07) is 16.3. The molecule has 1 saturated heterocycles. The first-order chi connectivity index (χ1) is 23.7. The minimum atomic E-state index is -1.28. The van der Waals surface area contributed by atoms with Crippen LogP contribution in [0.1, 0.15) is 48.7 Å². The van der Waals surface area contributed by atoms with E-state index in [0.29, 0.717) is 35.1 Å². The molecule has 1 aliphatic heterocycles. The molecule has 0 spiro atoms. The number of carboxylic acids is 1. The van der Waals surface area contributed by atoms with Crippen molar-refractivity contribution in [3.63, 3.8) is 0 Å². The molecule has 0 radical (unpaired) electrons. The number of anilines is 3. The number of fused-ring (bicyclic) bond motifs is 2. The molecule has 2 aromatic heterocycles. The summed E-state index contributed by atoms with van der Waals surface area (Å²) in [4.78, 5) is 32.3. The van der Waals surface area contributed by atoms with Gasteiger partial charge >= 0.3 is 5.97 Å². The molecule has 3 heterocycles. The fourth-order valence-corrected chi connectivity index (χ4v) is 6.34. The van der Waals surface area contributed by atoms with Gasteiger partial charge < -0.3 is 30.3 Å². The number of carboxylic acid groups (broad SMARTS) is 1. The predicted molar refractivity (Wildman–Crippen MR) is 193 cm³/mol. The van der Waals surface area contributed by atoms with Gasteiger partial charge in [-0.1, -0.05) is 25.4 Å². The second kappa shape index (κ2) is 14.8. The van der Waals surface area contributed by atoms with Crippen molar-refractivity contribution in [2.24, 2.45) is 0 Å². The van der Waals surface area contributed by atoms with Crippen molar-refractivity contribution in [2.75, 3.05) is 49.5 Å². The Labute approximate surface area is 288 Å². The minimum Gasteiger partial charge on any atom is -0.508 e. The van der Waals surface area contributed by atoms with Crippen molar-refractivity contribution in [1.82, 2.24) is 19.8 Å². The van der Waals surface area contributed by atoms with Crippen LogP contribution in [0, 0.1) is 5.82 Å². The molecule has 1 saturated carbocycles. The molecule has 0 atom stereocenters. The molecule has 2 fully saturated rings. The van der Waals surface area contributed by atoms with Gasteiger partial charge in [0.05, 0.1) is 16.7 Å². The Morgan fingerprint density at radius 3 is 2.51 bits per heavy atom. The molecule has 256 valence electrons. The average molecular weight is 687 g/mol. The van der Waals surface area contributed by atoms with E-state index in [4.69, 9.17) is 11.6 Å². The number of piperazine rings is 1. The first kappa shape index (κ1) is 34.2. The van der Waals surface area contributed by atoms with Crippen molar-refractivity contribution in [3.05, 3.63) is 99.2 Å². The maximum Gasteiger partial charge on any atom is 0.341 e. The summed E-state index contributed by atoms with van der Waals surface area (Å²) >= 11 is 6.05. The number of nitrogens with zero attached hydrogens (tertiary/aromatic N) is 4. The molecular formula is C37H40ClFN6O4. The molecule has 49 heavy (non-hydrogen) atoms. The molecular weight excluding hydrogens is 647 g/mol. The van der Waals surface area contributed by atoms with E-state index >= 15 is 0 Å². The second-order valence-electron chi connectivity index (χ2n) is 12.3. The zero-order valence-corrected chi connectivity index (χ0v) is 28.3. The van der Waals surface area contributed by atoms with Crippen LogP contribution in [-0.4, -0.2) is 69.9 Å². The Balaban J connectivity index is 0.000000170. The molecule has 3 aromatic carbocycles. The van der Waals surface area contributed by atoms with Crippen molar-refractivity contribution in [3.8, 4) is 5.75 Å². The van der Waals surface area contributed by atoms with Gasteiger partial charge in [-0.25, -0.2) is 9.18 Å². The summed E-state index contributed by atoms with van der Waals surface area (Å²) in [5.41, 5.74) is 3.81. The third kappa shape index (κ3) is 7.64. The highest BCUT2D eigenvalue weighted by atomic mass is 35.5. The number of phenolic OH excluding ortho intramolecular Hbond substituents is 1. The third-order valence-corrected chi connectivity index (χ3v) is 9.32. The summed E-state index contributed by atoms with van der Waals surface area (Å²) in [7, 11) is 0. The number of halogens is 2. The third-order valence-electron chi connectivity index (χ3n) is 9.08. The quantitative estimate of drug-likeness (QED) is 0.125. The average Bonchev–Trinajstić information content (AvgIpc) is 3.95. The van der Waals surface area contributed by atoms with E-state index in [9.17, 15) is 24.2 Å². The first-order valence-electron chi connectivity index (χ1n) is 16.6. The van der Waals surface area contributed by atoms with Crippen LogP contribution in [0.5, 0.6) is 5.75 Å². The lowest BCUT2D eigenvalue weighted by Gasteiger charge is -2.30. The van der Waals surface area contributed by atoms with Gasteiger partial charge in [-0.15, -0.1) is 0 Å². The van der Waals surface area contributed by atoms with Crippen molar-refractivity contribution in [2.45, 2.75) is 39.3 Å². The van der Waals surface area contributed by atoms with Crippen molar-refractivity contribution < 1.29 is 19.4 Å². The molecule has 2 aliphatic rings. The van der Waals surface area contributed by atoms with E-state index in [2.05, 4.69) is 34.4 Å². The Morgan fingerprint density at radius 2 is 1.82 bits per heavy atom. The second-order valence-corrected chi connectivity index (χ2v) is 12.8. The zero-order valence-electron chi connectivity index (χ0n) is 27.5. The Kier molecular flexibility index (Phi) is 10.3. The van der Waals surface area contributed by atoms with Crippen LogP contribution in [0.25, 0.3) is 21.8 Å². The van der Waals surface area contributed by atoms with Crippen LogP contribution in [-0.2, 0) is 6.54 Å². The van der Waals surface area contributed by atoms with Crippen LogP contribution >= 0.6 is 11.6 Å². The SMILES string of the molecule is CCN(CC)Cc1cc(Nc2ccnc3cc(Cl)ccc23)ccc1O.O=C(O)c1cn(C2CC2)c2cc(N3CCNCC3)c(F)cc2c1=O. The fraction of sp³-hybridized carbons (Fsp3) is 0.324. The lowest BCUT2D eigenvalue weighted by Crippen LogP contribution is -2.43. The first-order valence-corrected chi connectivity index (χ1v) is 17.0. The van der Waals surface area contributed by atoms with E-state index < -0.39 is 17.2 Å². The number of hydrogen-bond acceptors (Lipinski definition) is 8. The Morgan fingerprint density at radius 1 is 1.06 bits per heavy atom. The zero-order chi connectivity index (χ0) is 34.7. The highest BCUT2D eigenvalue weighted by Gasteiger charge is 2.28. The van der Waals surface area contributed by atoms with Gasteiger partial charge in [-0.3, -0.25) is 14.7 Å². The molecule has 0 amide bonds. The van der Waals surface area contributed by atoms with Gasteiger partial charge in [0.1, 0.15) is 17.1 Å². The predicted octanol–water partition coefficient (Wildman–Crippen LogP) is 6.76. The molecule has 12 heteroatoms. The number of nitrogens with one attached hydrogen (secondary N) is 2.